The number of ether oxygens (including phenoxy) is 1. The van der Waals surface area contributed by atoms with Gasteiger partial charge in [0.15, 0.2) is 5.96 Å². The van der Waals surface area contributed by atoms with E-state index in [0.717, 1.165) is 57.1 Å². The molecular formula is C23H31FIN3O. The Morgan fingerprint density at radius 3 is 2.31 bits per heavy atom. The van der Waals surface area contributed by atoms with Crippen LogP contribution < -0.4 is 10.6 Å². The standard InChI is InChI=1S/C23H30FN3O.HI/c1-3-18-6-4-5-7-19(18)16-26-22(25-2)27-17-23(12-14-28-15-13-23)20-8-10-21(24)11-9-20;/h4-11H,3,12-17H2,1-2H3,(H2,25,26,27);1H. The molecular weight excluding hydrogens is 480 g/mol. The monoisotopic (exact) mass is 511 g/mol. The Balaban J connectivity index is 0.00000300. The lowest BCUT2D eigenvalue weighted by Crippen LogP contribution is -2.48. The normalized spacial score (nSPS) is 16.0. The zero-order valence-corrected chi connectivity index (χ0v) is 19.5. The largest absolute Gasteiger partial charge is 0.381 e. The van der Waals surface area contributed by atoms with E-state index in [1.165, 1.54) is 11.1 Å². The summed E-state index contributed by atoms with van der Waals surface area (Å²) in [5.41, 5.74) is 3.70. The van der Waals surface area contributed by atoms with Gasteiger partial charge in [0.25, 0.3) is 0 Å². The molecule has 0 bridgehead atoms. The van der Waals surface area contributed by atoms with Gasteiger partial charge in [-0.1, -0.05) is 43.3 Å². The first-order valence-electron chi connectivity index (χ1n) is 10.0. The van der Waals surface area contributed by atoms with Crippen molar-refractivity contribution >= 4 is 29.9 Å². The lowest BCUT2D eigenvalue weighted by atomic mass is 9.74. The molecule has 1 heterocycles. The number of hydrogen-bond acceptors (Lipinski definition) is 2. The molecule has 1 saturated heterocycles. The van der Waals surface area contributed by atoms with Crippen molar-refractivity contribution in [3.8, 4) is 0 Å². The van der Waals surface area contributed by atoms with E-state index < -0.39 is 0 Å². The van der Waals surface area contributed by atoms with Gasteiger partial charge in [-0.15, -0.1) is 24.0 Å². The van der Waals surface area contributed by atoms with Crippen molar-refractivity contribution in [1.82, 2.24) is 10.6 Å². The van der Waals surface area contributed by atoms with Crippen molar-refractivity contribution in [2.75, 3.05) is 26.8 Å². The van der Waals surface area contributed by atoms with E-state index in [2.05, 4.69) is 46.8 Å². The Morgan fingerprint density at radius 1 is 1.03 bits per heavy atom. The highest BCUT2D eigenvalue weighted by Crippen LogP contribution is 2.34. The fraction of sp³-hybridized carbons (Fsp3) is 0.435. The average Bonchev–Trinajstić information content (AvgIpc) is 2.75. The van der Waals surface area contributed by atoms with E-state index >= 15 is 0 Å². The molecule has 0 spiro atoms. The van der Waals surface area contributed by atoms with E-state index in [4.69, 9.17) is 4.74 Å². The zero-order chi connectivity index (χ0) is 19.8. The summed E-state index contributed by atoms with van der Waals surface area (Å²) in [4.78, 5) is 4.39. The number of aryl methyl sites for hydroxylation is 1. The van der Waals surface area contributed by atoms with E-state index in [9.17, 15) is 4.39 Å². The van der Waals surface area contributed by atoms with Gasteiger partial charge in [0.2, 0.25) is 0 Å². The lowest BCUT2D eigenvalue weighted by molar-refractivity contribution is 0.0513. The topological polar surface area (TPSA) is 45.7 Å². The molecule has 29 heavy (non-hydrogen) atoms. The van der Waals surface area contributed by atoms with Crippen molar-refractivity contribution in [3.05, 3.63) is 71.0 Å². The molecule has 4 nitrogen and oxygen atoms in total. The van der Waals surface area contributed by atoms with E-state index in [1.54, 1.807) is 19.2 Å². The third-order valence-corrected chi connectivity index (χ3v) is 5.67. The minimum absolute atomic E-state index is 0. The van der Waals surface area contributed by atoms with Gasteiger partial charge >= 0.3 is 0 Å². The molecule has 1 aliphatic heterocycles. The molecule has 0 amide bonds. The SMILES string of the molecule is CCc1ccccc1CNC(=NC)NCC1(c2ccc(F)cc2)CCOCC1.I. The van der Waals surface area contributed by atoms with E-state index in [0.29, 0.717) is 0 Å². The summed E-state index contributed by atoms with van der Waals surface area (Å²) >= 11 is 0. The first-order chi connectivity index (χ1) is 13.7. The highest BCUT2D eigenvalue weighted by atomic mass is 127. The molecule has 0 aromatic heterocycles. The molecule has 158 valence electrons. The fourth-order valence-electron chi connectivity index (χ4n) is 3.86. The van der Waals surface area contributed by atoms with Crippen LogP contribution in [-0.4, -0.2) is 32.8 Å². The van der Waals surface area contributed by atoms with E-state index in [1.807, 2.05) is 12.1 Å². The molecule has 6 heteroatoms. The number of guanidine groups is 1. The summed E-state index contributed by atoms with van der Waals surface area (Å²) in [7, 11) is 1.79. The molecule has 1 aliphatic rings. The number of halogens is 2. The molecule has 0 aliphatic carbocycles. The van der Waals surface area contributed by atoms with Gasteiger partial charge in [-0.05, 0) is 48.1 Å². The highest BCUT2D eigenvalue weighted by Gasteiger charge is 2.34. The van der Waals surface area contributed by atoms with Crippen molar-refractivity contribution in [1.29, 1.82) is 0 Å². The molecule has 0 radical (unpaired) electrons. The van der Waals surface area contributed by atoms with Crippen molar-refractivity contribution < 1.29 is 9.13 Å². The average molecular weight is 511 g/mol. The van der Waals surface area contributed by atoms with Gasteiger partial charge in [-0.2, -0.15) is 0 Å². The zero-order valence-electron chi connectivity index (χ0n) is 17.2. The number of hydrogen-bond donors (Lipinski definition) is 2. The Labute approximate surface area is 190 Å². The summed E-state index contributed by atoms with van der Waals surface area (Å²) in [6.07, 6.45) is 2.82. The van der Waals surface area contributed by atoms with Crippen LogP contribution in [0.3, 0.4) is 0 Å². The number of nitrogens with one attached hydrogen (secondary N) is 2. The van der Waals surface area contributed by atoms with Gasteiger partial charge in [0.05, 0.1) is 0 Å². The summed E-state index contributed by atoms with van der Waals surface area (Å²) in [5, 5.41) is 6.92. The summed E-state index contributed by atoms with van der Waals surface area (Å²) in [5.74, 6) is 0.574. The van der Waals surface area contributed by atoms with Crippen molar-refractivity contribution in [2.24, 2.45) is 4.99 Å². The quantitative estimate of drug-likeness (QED) is 0.343. The molecule has 2 aromatic carbocycles. The first kappa shape index (κ1) is 23.6. The molecule has 0 unspecified atom stereocenters. The maximum absolute atomic E-state index is 13.4. The molecule has 1 fully saturated rings. The van der Waals surface area contributed by atoms with Crippen LogP contribution in [0.15, 0.2) is 53.5 Å². The second kappa shape index (κ2) is 11.5. The van der Waals surface area contributed by atoms with Gasteiger partial charge in [-0.25, -0.2) is 4.39 Å². The van der Waals surface area contributed by atoms with Gasteiger partial charge in [-0.3, -0.25) is 4.99 Å². The van der Waals surface area contributed by atoms with Crippen LogP contribution >= 0.6 is 24.0 Å². The molecule has 2 N–H and O–H groups in total. The van der Waals surface area contributed by atoms with Crippen molar-refractivity contribution in [2.45, 2.75) is 38.1 Å². The summed E-state index contributed by atoms with van der Waals surface area (Å²) in [6.45, 7) is 5.07. The van der Waals surface area contributed by atoms with Crippen LogP contribution in [0.25, 0.3) is 0 Å². The van der Waals surface area contributed by atoms with Crippen molar-refractivity contribution in [3.63, 3.8) is 0 Å². The number of aliphatic imine (C=N–C) groups is 1. The molecule has 2 aromatic rings. The Bertz CT molecular complexity index is 789. The number of nitrogens with zero attached hydrogens (tertiary/aromatic N) is 1. The van der Waals surface area contributed by atoms with Gasteiger partial charge < -0.3 is 15.4 Å². The molecule has 3 rings (SSSR count). The minimum atomic E-state index is -0.203. The second-order valence-electron chi connectivity index (χ2n) is 7.30. The first-order valence-corrected chi connectivity index (χ1v) is 10.0. The maximum Gasteiger partial charge on any atom is 0.191 e. The molecule has 0 saturated carbocycles. The van der Waals surface area contributed by atoms with Crippen LogP contribution in [0.4, 0.5) is 4.39 Å². The Hall–Kier alpha value is -1.67. The summed E-state index contributed by atoms with van der Waals surface area (Å²) in [6, 6.07) is 15.3. The van der Waals surface area contributed by atoms with Gasteiger partial charge in [0.1, 0.15) is 5.82 Å². The van der Waals surface area contributed by atoms with Crippen LogP contribution in [0.5, 0.6) is 0 Å². The van der Waals surface area contributed by atoms with E-state index in [-0.39, 0.29) is 35.2 Å². The smallest absolute Gasteiger partial charge is 0.191 e. The highest BCUT2D eigenvalue weighted by molar-refractivity contribution is 14.0. The maximum atomic E-state index is 13.4. The predicted octanol–water partition coefficient (Wildman–Crippen LogP) is 4.42. The van der Waals surface area contributed by atoms with Crippen LogP contribution in [-0.2, 0) is 23.1 Å². The number of benzene rings is 2. The lowest BCUT2D eigenvalue weighted by Gasteiger charge is -2.38. The van der Waals surface area contributed by atoms with Crippen LogP contribution in [0, 0.1) is 5.82 Å². The summed E-state index contributed by atoms with van der Waals surface area (Å²) < 4.78 is 19.0. The van der Waals surface area contributed by atoms with Crippen LogP contribution in [0.2, 0.25) is 0 Å². The Morgan fingerprint density at radius 2 is 1.69 bits per heavy atom. The van der Waals surface area contributed by atoms with Crippen LogP contribution in [0.1, 0.15) is 36.5 Å². The van der Waals surface area contributed by atoms with Gasteiger partial charge in [0, 0.05) is 38.8 Å². The molecule has 0 atom stereocenters. The predicted molar refractivity (Wildman–Crippen MR) is 128 cm³/mol. The third-order valence-electron chi connectivity index (χ3n) is 5.67. The number of rotatable bonds is 6. The minimum Gasteiger partial charge on any atom is -0.381 e. The third kappa shape index (κ3) is 6.15. The Kier molecular flexibility index (Phi) is 9.36. The second-order valence-corrected chi connectivity index (χ2v) is 7.30. The fourth-order valence-corrected chi connectivity index (χ4v) is 3.86.